The molecule has 23 heavy (non-hydrogen) atoms. The number of carbonyl (C=O) groups excluding carboxylic acids is 1. The van der Waals surface area contributed by atoms with Crippen LogP contribution in [0.4, 0.5) is 0 Å². The summed E-state index contributed by atoms with van der Waals surface area (Å²) < 4.78 is 11.8. The highest BCUT2D eigenvalue weighted by Gasteiger charge is 2.32. The number of nitrogens with one attached hydrogen (secondary N) is 1. The summed E-state index contributed by atoms with van der Waals surface area (Å²) in [5.74, 6) is 0.917. The second-order valence-electron chi connectivity index (χ2n) is 6.66. The molecule has 2 atom stereocenters. The van der Waals surface area contributed by atoms with Crippen molar-refractivity contribution in [2.45, 2.75) is 44.4 Å². The van der Waals surface area contributed by atoms with Crippen molar-refractivity contribution in [2.75, 3.05) is 26.3 Å². The van der Waals surface area contributed by atoms with Gasteiger partial charge in [-0.1, -0.05) is 6.42 Å². The molecular formula is C18H24N2O3. The molecule has 1 saturated carbocycles. The summed E-state index contributed by atoms with van der Waals surface area (Å²) >= 11 is 0. The first kappa shape index (κ1) is 15.0. The summed E-state index contributed by atoms with van der Waals surface area (Å²) in [5, 5.41) is 2.86. The Kier molecular flexibility index (Phi) is 4.23. The fourth-order valence-electron chi connectivity index (χ4n) is 4.00. The molecule has 5 nitrogen and oxygen atoms in total. The molecule has 0 aromatic heterocycles. The average Bonchev–Trinajstić information content (AvgIpc) is 2.97. The fourth-order valence-corrected chi connectivity index (χ4v) is 4.00. The molecule has 0 bridgehead atoms. The molecule has 3 aliphatic rings. The van der Waals surface area contributed by atoms with Crippen LogP contribution in [0.15, 0.2) is 18.2 Å². The van der Waals surface area contributed by atoms with Gasteiger partial charge in [0.1, 0.15) is 11.9 Å². The first-order valence-corrected chi connectivity index (χ1v) is 8.71. The monoisotopic (exact) mass is 316 g/mol. The summed E-state index contributed by atoms with van der Waals surface area (Å²) in [6.45, 7) is 4.29. The topological polar surface area (TPSA) is 50.8 Å². The van der Waals surface area contributed by atoms with E-state index in [1.165, 1.54) is 19.3 Å². The molecule has 0 radical (unpaired) electrons. The first-order valence-electron chi connectivity index (χ1n) is 8.71. The molecule has 1 N–H and O–H groups in total. The number of nitrogens with zero attached hydrogens (tertiary/aromatic N) is 1. The number of fused-ring (bicyclic) bond motifs is 1. The van der Waals surface area contributed by atoms with Crippen molar-refractivity contribution in [3.63, 3.8) is 0 Å². The highest BCUT2D eigenvalue weighted by atomic mass is 16.5. The number of carbonyl (C=O) groups is 1. The lowest BCUT2D eigenvalue weighted by Gasteiger charge is -2.41. The van der Waals surface area contributed by atoms with Gasteiger partial charge in [-0.15, -0.1) is 0 Å². The third-order valence-electron chi connectivity index (χ3n) is 5.23. The zero-order valence-electron chi connectivity index (χ0n) is 13.4. The van der Waals surface area contributed by atoms with Crippen molar-refractivity contribution in [3.8, 4) is 5.75 Å². The fraction of sp³-hybridized carbons (Fsp3) is 0.611. The van der Waals surface area contributed by atoms with Crippen LogP contribution >= 0.6 is 0 Å². The van der Waals surface area contributed by atoms with Gasteiger partial charge in [-0.25, -0.2) is 0 Å². The van der Waals surface area contributed by atoms with Crippen molar-refractivity contribution >= 4 is 5.91 Å². The summed E-state index contributed by atoms with van der Waals surface area (Å²) in [7, 11) is 0. The Hall–Kier alpha value is -1.59. The summed E-state index contributed by atoms with van der Waals surface area (Å²) in [6.07, 6.45) is 5.07. The van der Waals surface area contributed by atoms with Gasteiger partial charge in [-0.2, -0.15) is 0 Å². The quantitative estimate of drug-likeness (QED) is 0.926. The van der Waals surface area contributed by atoms with E-state index in [-0.39, 0.29) is 12.0 Å². The Balaban J connectivity index is 1.48. The van der Waals surface area contributed by atoms with Gasteiger partial charge in [0, 0.05) is 31.2 Å². The van der Waals surface area contributed by atoms with Crippen LogP contribution in [0.3, 0.4) is 0 Å². The van der Waals surface area contributed by atoms with Crippen LogP contribution in [-0.2, 0) is 11.3 Å². The number of benzene rings is 1. The minimum atomic E-state index is 0.0235. The highest BCUT2D eigenvalue weighted by molar-refractivity contribution is 5.98. The maximum atomic E-state index is 11.7. The second-order valence-corrected chi connectivity index (χ2v) is 6.66. The number of rotatable bonds is 3. The van der Waals surface area contributed by atoms with Crippen molar-refractivity contribution in [3.05, 3.63) is 29.3 Å². The molecule has 1 saturated heterocycles. The molecule has 4 rings (SSSR count). The van der Waals surface area contributed by atoms with Gasteiger partial charge < -0.3 is 14.8 Å². The summed E-state index contributed by atoms with van der Waals surface area (Å²) in [6, 6.07) is 6.34. The molecule has 2 heterocycles. The lowest BCUT2D eigenvalue weighted by molar-refractivity contribution is -0.0281. The van der Waals surface area contributed by atoms with E-state index in [2.05, 4.69) is 10.2 Å². The molecule has 124 valence electrons. The lowest BCUT2D eigenvalue weighted by Crippen LogP contribution is -2.52. The van der Waals surface area contributed by atoms with Gasteiger partial charge >= 0.3 is 0 Å². The number of morpholine rings is 1. The largest absolute Gasteiger partial charge is 0.489 e. The van der Waals surface area contributed by atoms with E-state index in [1.807, 2.05) is 18.2 Å². The molecule has 2 fully saturated rings. The molecule has 2 aliphatic heterocycles. The van der Waals surface area contributed by atoms with Crippen LogP contribution in [0.1, 0.15) is 41.6 Å². The number of ether oxygens (including phenoxy) is 2. The first-order chi connectivity index (χ1) is 11.3. The normalized spacial score (nSPS) is 28.3. The van der Waals surface area contributed by atoms with Gasteiger partial charge in [0.25, 0.3) is 5.91 Å². The molecule has 1 aliphatic carbocycles. The van der Waals surface area contributed by atoms with Gasteiger partial charge in [0.05, 0.1) is 13.2 Å². The van der Waals surface area contributed by atoms with Crippen molar-refractivity contribution in [1.29, 1.82) is 0 Å². The minimum absolute atomic E-state index is 0.0235. The SMILES string of the molecule is O=C1NCc2cc(OC3CCCCC3N3CCOCC3)ccc21. The summed E-state index contributed by atoms with van der Waals surface area (Å²) in [4.78, 5) is 14.2. The smallest absolute Gasteiger partial charge is 0.251 e. The van der Waals surface area contributed by atoms with Gasteiger partial charge in [0.15, 0.2) is 0 Å². The van der Waals surface area contributed by atoms with E-state index in [1.54, 1.807) is 0 Å². The Morgan fingerprint density at radius 3 is 2.87 bits per heavy atom. The van der Waals surface area contributed by atoms with Crippen molar-refractivity contribution in [1.82, 2.24) is 10.2 Å². The molecule has 2 unspecified atom stereocenters. The standard InChI is InChI=1S/C18H24N2O3/c21-18-15-6-5-14(11-13(15)12-19-18)23-17-4-2-1-3-16(17)20-7-9-22-10-8-20/h5-6,11,16-17H,1-4,7-10,12H2,(H,19,21). The van der Waals surface area contributed by atoms with E-state index in [0.29, 0.717) is 12.6 Å². The predicted molar refractivity (Wildman–Crippen MR) is 86.7 cm³/mol. The van der Waals surface area contributed by atoms with E-state index in [0.717, 1.165) is 49.6 Å². The Labute approximate surface area is 136 Å². The number of amides is 1. The minimum Gasteiger partial charge on any atom is -0.489 e. The predicted octanol–water partition coefficient (Wildman–Crippen LogP) is 1.95. The van der Waals surface area contributed by atoms with E-state index < -0.39 is 0 Å². The van der Waals surface area contributed by atoms with E-state index >= 15 is 0 Å². The Bertz CT molecular complexity index is 584. The zero-order valence-corrected chi connectivity index (χ0v) is 13.4. The zero-order chi connectivity index (χ0) is 15.6. The van der Waals surface area contributed by atoms with E-state index in [9.17, 15) is 4.79 Å². The maximum Gasteiger partial charge on any atom is 0.251 e. The highest BCUT2D eigenvalue weighted by Crippen LogP contribution is 2.29. The average molecular weight is 316 g/mol. The third-order valence-corrected chi connectivity index (χ3v) is 5.23. The van der Waals surface area contributed by atoms with Crippen molar-refractivity contribution in [2.24, 2.45) is 0 Å². The van der Waals surface area contributed by atoms with Gasteiger partial charge in [-0.3, -0.25) is 9.69 Å². The second kappa shape index (κ2) is 6.49. The molecule has 0 spiro atoms. The lowest BCUT2D eigenvalue weighted by atomic mass is 9.91. The van der Waals surface area contributed by atoms with Crippen LogP contribution in [0.2, 0.25) is 0 Å². The molecule has 5 heteroatoms. The van der Waals surface area contributed by atoms with Gasteiger partial charge in [-0.05, 0) is 43.0 Å². The number of hydrogen-bond donors (Lipinski definition) is 1. The Morgan fingerprint density at radius 2 is 2.00 bits per heavy atom. The number of hydrogen-bond acceptors (Lipinski definition) is 4. The maximum absolute atomic E-state index is 11.7. The molecule has 1 aromatic carbocycles. The van der Waals surface area contributed by atoms with Crippen LogP contribution in [0.25, 0.3) is 0 Å². The molecular weight excluding hydrogens is 292 g/mol. The van der Waals surface area contributed by atoms with Crippen LogP contribution in [0.5, 0.6) is 5.75 Å². The molecule has 1 aromatic rings. The van der Waals surface area contributed by atoms with Crippen LogP contribution in [0, 0.1) is 0 Å². The van der Waals surface area contributed by atoms with Crippen molar-refractivity contribution < 1.29 is 14.3 Å². The van der Waals surface area contributed by atoms with Gasteiger partial charge in [0.2, 0.25) is 0 Å². The van der Waals surface area contributed by atoms with Crippen LogP contribution in [-0.4, -0.2) is 49.3 Å². The molecule has 1 amide bonds. The summed E-state index contributed by atoms with van der Waals surface area (Å²) in [5.41, 5.74) is 1.83. The van der Waals surface area contributed by atoms with Crippen LogP contribution < -0.4 is 10.1 Å². The Morgan fingerprint density at radius 1 is 1.17 bits per heavy atom. The van der Waals surface area contributed by atoms with E-state index in [4.69, 9.17) is 9.47 Å². The third kappa shape index (κ3) is 3.08.